The number of rotatable bonds is 4. The monoisotopic (exact) mass is 211 g/mol. The van der Waals surface area contributed by atoms with Crippen molar-refractivity contribution in [2.45, 2.75) is 10.9 Å². The molecule has 0 aliphatic carbocycles. The van der Waals surface area contributed by atoms with Crippen molar-refractivity contribution in [1.29, 1.82) is 0 Å². The third-order valence-corrected chi connectivity index (χ3v) is 2.77. The van der Waals surface area contributed by atoms with E-state index in [4.69, 9.17) is 17.2 Å². The minimum atomic E-state index is -0.610. The Bertz CT molecular complexity index is 330. The van der Waals surface area contributed by atoms with Gasteiger partial charge in [0.2, 0.25) is 5.91 Å². The number of amides is 1. The van der Waals surface area contributed by atoms with E-state index in [1.807, 2.05) is 18.2 Å². The summed E-state index contributed by atoms with van der Waals surface area (Å²) in [6.45, 7) is 0. The minimum Gasteiger partial charge on any atom is -0.399 e. The van der Waals surface area contributed by atoms with Crippen LogP contribution in [0.3, 0.4) is 0 Å². The van der Waals surface area contributed by atoms with Crippen LogP contribution in [0.5, 0.6) is 0 Å². The van der Waals surface area contributed by atoms with Crippen molar-refractivity contribution in [3.05, 3.63) is 24.3 Å². The fourth-order valence-electron chi connectivity index (χ4n) is 0.872. The first-order valence-corrected chi connectivity index (χ1v) is 5.11. The van der Waals surface area contributed by atoms with Crippen molar-refractivity contribution in [2.24, 2.45) is 11.5 Å². The molecular weight excluding hydrogens is 198 g/mol. The van der Waals surface area contributed by atoms with Gasteiger partial charge in [-0.15, -0.1) is 11.8 Å². The normalized spacial score (nSPS) is 12.4. The van der Waals surface area contributed by atoms with Crippen LogP contribution in [0, 0.1) is 0 Å². The number of hydrogen-bond acceptors (Lipinski definition) is 4. The molecule has 1 rings (SSSR count). The molecule has 5 heteroatoms. The van der Waals surface area contributed by atoms with Crippen LogP contribution in [0.25, 0.3) is 0 Å². The SMILES string of the molecule is NC(=O)C(N)CSc1cccc(N)c1. The Hall–Kier alpha value is -1.20. The highest BCUT2D eigenvalue weighted by atomic mass is 32.2. The fraction of sp³-hybridized carbons (Fsp3) is 0.222. The van der Waals surface area contributed by atoms with Crippen LogP contribution in [-0.2, 0) is 4.79 Å². The number of carbonyl (C=O) groups is 1. The second kappa shape index (κ2) is 4.88. The summed E-state index contributed by atoms with van der Waals surface area (Å²) in [5.41, 5.74) is 16.8. The van der Waals surface area contributed by atoms with Gasteiger partial charge in [0.05, 0.1) is 6.04 Å². The molecule has 1 unspecified atom stereocenters. The Morgan fingerprint density at radius 3 is 2.79 bits per heavy atom. The van der Waals surface area contributed by atoms with Gasteiger partial charge in [-0.3, -0.25) is 4.79 Å². The predicted molar refractivity (Wildman–Crippen MR) is 58.7 cm³/mol. The van der Waals surface area contributed by atoms with E-state index >= 15 is 0 Å². The molecule has 0 aliphatic rings. The van der Waals surface area contributed by atoms with Crippen LogP contribution in [0.15, 0.2) is 29.2 Å². The lowest BCUT2D eigenvalue weighted by molar-refractivity contribution is -0.118. The molecule has 6 N–H and O–H groups in total. The van der Waals surface area contributed by atoms with Gasteiger partial charge in [0.25, 0.3) is 0 Å². The molecule has 14 heavy (non-hydrogen) atoms. The van der Waals surface area contributed by atoms with E-state index in [1.54, 1.807) is 6.07 Å². The van der Waals surface area contributed by atoms with Crippen LogP contribution >= 0.6 is 11.8 Å². The third-order valence-electron chi connectivity index (χ3n) is 1.65. The maximum atomic E-state index is 10.6. The van der Waals surface area contributed by atoms with Crippen LogP contribution < -0.4 is 17.2 Å². The highest BCUT2D eigenvalue weighted by Crippen LogP contribution is 2.20. The van der Waals surface area contributed by atoms with E-state index in [1.165, 1.54) is 11.8 Å². The number of anilines is 1. The van der Waals surface area contributed by atoms with Gasteiger partial charge in [-0.1, -0.05) is 6.07 Å². The second-order valence-corrected chi connectivity index (χ2v) is 3.99. The van der Waals surface area contributed by atoms with Crippen molar-refractivity contribution >= 4 is 23.4 Å². The molecule has 76 valence electrons. The Kier molecular flexibility index (Phi) is 3.79. The van der Waals surface area contributed by atoms with Crippen molar-refractivity contribution in [1.82, 2.24) is 0 Å². The number of nitrogens with two attached hydrogens (primary N) is 3. The summed E-state index contributed by atoms with van der Waals surface area (Å²) in [5.74, 6) is -0.0138. The van der Waals surface area contributed by atoms with Gasteiger partial charge < -0.3 is 17.2 Å². The lowest BCUT2D eigenvalue weighted by Gasteiger charge is -2.06. The molecule has 0 spiro atoms. The molecule has 0 heterocycles. The molecule has 1 amide bonds. The zero-order valence-electron chi connectivity index (χ0n) is 7.64. The van der Waals surface area contributed by atoms with Crippen LogP contribution in [0.2, 0.25) is 0 Å². The number of carbonyl (C=O) groups excluding carboxylic acids is 1. The molecule has 1 aromatic carbocycles. The van der Waals surface area contributed by atoms with Crippen LogP contribution in [-0.4, -0.2) is 17.7 Å². The van der Waals surface area contributed by atoms with E-state index in [0.29, 0.717) is 11.4 Å². The third kappa shape index (κ3) is 3.27. The quantitative estimate of drug-likeness (QED) is 0.489. The van der Waals surface area contributed by atoms with Crippen LogP contribution in [0.4, 0.5) is 5.69 Å². The maximum absolute atomic E-state index is 10.6. The van der Waals surface area contributed by atoms with Gasteiger partial charge >= 0.3 is 0 Å². The minimum absolute atomic E-state index is 0.471. The summed E-state index contributed by atoms with van der Waals surface area (Å²) < 4.78 is 0. The molecule has 1 aromatic rings. The molecule has 0 radical (unpaired) electrons. The lowest BCUT2D eigenvalue weighted by Crippen LogP contribution is -2.38. The Morgan fingerprint density at radius 2 is 2.21 bits per heavy atom. The average Bonchev–Trinajstić information content (AvgIpc) is 2.14. The number of benzene rings is 1. The van der Waals surface area contributed by atoms with E-state index in [9.17, 15) is 4.79 Å². The summed E-state index contributed by atoms with van der Waals surface area (Å²) in [6, 6.07) is 6.79. The van der Waals surface area contributed by atoms with Gasteiger partial charge in [0, 0.05) is 16.3 Å². The standard InChI is InChI=1S/C9H13N3OS/c10-6-2-1-3-7(4-6)14-5-8(11)9(12)13/h1-4,8H,5,10-11H2,(H2,12,13). The lowest BCUT2D eigenvalue weighted by atomic mass is 10.3. The fourth-order valence-corrected chi connectivity index (χ4v) is 1.80. The van der Waals surface area contributed by atoms with Crippen molar-refractivity contribution < 1.29 is 4.79 Å². The maximum Gasteiger partial charge on any atom is 0.235 e. The molecule has 0 bridgehead atoms. The number of thioether (sulfide) groups is 1. The van der Waals surface area contributed by atoms with Crippen molar-refractivity contribution in [3.63, 3.8) is 0 Å². The molecule has 0 aromatic heterocycles. The van der Waals surface area contributed by atoms with Crippen molar-refractivity contribution in [2.75, 3.05) is 11.5 Å². The van der Waals surface area contributed by atoms with Gasteiger partial charge in [-0.2, -0.15) is 0 Å². The van der Waals surface area contributed by atoms with Crippen molar-refractivity contribution in [3.8, 4) is 0 Å². The molecule has 0 aliphatic heterocycles. The van der Waals surface area contributed by atoms with E-state index in [0.717, 1.165) is 4.90 Å². The van der Waals surface area contributed by atoms with Gasteiger partial charge in [0.1, 0.15) is 0 Å². The topological polar surface area (TPSA) is 95.1 Å². The molecule has 4 nitrogen and oxygen atoms in total. The summed E-state index contributed by atoms with van der Waals surface area (Å²) in [5, 5.41) is 0. The Morgan fingerprint density at radius 1 is 1.50 bits per heavy atom. The summed E-state index contributed by atoms with van der Waals surface area (Å²) in [7, 11) is 0. The summed E-state index contributed by atoms with van der Waals surface area (Å²) in [4.78, 5) is 11.6. The molecule has 0 saturated heterocycles. The molecule has 1 atom stereocenters. The predicted octanol–water partition coefficient (Wildman–Crippen LogP) is 0.173. The first kappa shape index (κ1) is 10.9. The van der Waals surface area contributed by atoms with E-state index in [-0.39, 0.29) is 0 Å². The summed E-state index contributed by atoms with van der Waals surface area (Å²) in [6.07, 6.45) is 0. The van der Waals surface area contributed by atoms with Gasteiger partial charge in [0.15, 0.2) is 0 Å². The average molecular weight is 211 g/mol. The first-order chi connectivity index (χ1) is 6.59. The highest BCUT2D eigenvalue weighted by Gasteiger charge is 2.08. The molecule has 0 saturated carbocycles. The number of nitrogen functional groups attached to an aromatic ring is 1. The second-order valence-electron chi connectivity index (χ2n) is 2.89. The zero-order chi connectivity index (χ0) is 10.6. The van der Waals surface area contributed by atoms with E-state index in [2.05, 4.69) is 0 Å². The van der Waals surface area contributed by atoms with Gasteiger partial charge in [-0.05, 0) is 18.2 Å². The smallest absolute Gasteiger partial charge is 0.235 e. The number of hydrogen-bond donors (Lipinski definition) is 3. The van der Waals surface area contributed by atoms with Gasteiger partial charge in [-0.25, -0.2) is 0 Å². The molecular formula is C9H13N3OS. The molecule has 0 fully saturated rings. The van der Waals surface area contributed by atoms with Crippen LogP contribution in [0.1, 0.15) is 0 Å². The first-order valence-electron chi connectivity index (χ1n) is 4.13. The summed E-state index contributed by atoms with van der Waals surface area (Å²) >= 11 is 1.47. The Labute approximate surface area is 86.8 Å². The largest absolute Gasteiger partial charge is 0.399 e. The Balaban J connectivity index is 2.49. The highest BCUT2D eigenvalue weighted by molar-refractivity contribution is 7.99. The number of primary amides is 1. The zero-order valence-corrected chi connectivity index (χ0v) is 8.46. The van der Waals surface area contributed by atoms with E-state index < -0.39 is 11.9 Å².